The molecule has 0 unspecified atom stereocenters. The molecule has 0 aliphatic carbocycles. The summed E-state index contributed by atoms with van der Waals surface area (Å²) in [7, 11) is 0. The van der Waals surface area contributed by atoms with E-state index in [1.54, 1.807) is 0 Å². The minimum Gasteiger partial charge on any atom is -0.494 e. The zero-order valence-corrected chi connectivity index (χ0v) is 15.3. The second-order valence-corrected chi connectivity index (χ2v) is 7.13. The number of hydrogen-bond acceptors (Lipinski definition) is 3. The van der Waals surface area contributed by atoms with Crippen LogP contribution in [0.3, 0.4) is 0 Å². The number of halogens is 1. The number of nitrogens with two attached hydrogens (primary N) is 1. The fourth-order valence-corrected chi connectivity index (χ4v) is 4.20. The maximum absolute atomic E-state index is 13.7. The summed E-state index contributed by atoms with van der Waals surface area (Å²) < 4.78 is 14.6. The van der Waals surface area contributed by atoms with Gasteiger partial charge in [0.2, 0.25) is 5.88 Å². The number of aromatic hydroxyl groups is 1. The van der Waals surface area contributed by atoms with Gasteiger partial charge in [0.25, 0.3) is 5.56 Å². The van der Waals surface area contributed by atoms with E-state index < -0.39 is 29.0 Å². The Morgan fingerprint density at radius 2 is 1.93 bits per heavy atom. The normalized spacial score (nSPS) is 16.1. The molecule has 0 bridgehead atoms. The molecule has 0 fully saturated rings. The van der Waals surface area contributed by atoms with Gasteiger partial charge in [0.15, 0.2) is 6.04 Å². The van der Waals surface area contributed by atoms with Gasteiger partial charge in [0, 0.05) is 17.3 Å². The summed E-state index contributed by atoms with van der Waals surface area (Å²) in [5.74, 6) is -1.04. The number of rotatable bonds is 2. The number of hydrogen-bond donors (Lipinski definition) is 4. The van der Waals surface area contributed by atoms with E-state index in [1.165, 1.54) is 18.2 Å². The van der Waals surface area contributed by atoms with E-state index >= 15 is 0 Å². The Kier molecular flexibility index (Phi) is 3.88. The summed E-state index contributed by atoms with van der Waals surface area (Å²) in [6.45, 7) is 0.720. The van der Waals surface area contributed by atoms with Crippen molar-refractivity contribution in [2.75, 3.05) is 6.54 Å². The molecule has 4 aromatic rings. The third-order valence-corrected chi connectivity index (χ3v) is 5.45. The number of para-hydroxylation sites is 1. The zero-order valence-electron chi connectivity index (χ0n) is 15.3. The fraction of sp³-hybridized carbons (Fsp3) is 0.143. The molecule has 146 valence electrons. The maximum Gasteiger partial charge on any atom is 0.335 e. The second-order valence-electron chi connectivity index (χ2n) is 7.13. The quantitative estimate of drug-likeness (QED) is 0.409. The molecule has 5 N–H and O–H groups in total. The number of fused-ring (bicyclic) bond motifs is 3. The van der Waals surface area contributed by atoms with Crippen molar-refractivity contribution in [3.63, 3.8) is 0 Å². The molecular formula is C21H18FN4O3+. The van der Waals surface area contributed by atoms with E-state index in [0.717, 1.165) is 45.8 Å². The van der Waals surface area contributed by atoms with Crippen molar-refractivity contribution in [2.45, 2.75) is 12.5 Å². The molecule has 29 heavy (non-hydrogen) atoms. The number of quaternary nitrogens is 1. The molecule has 5 rings (SSSR count). The van der Waals surface area contributed by atoms with Gasteiger partial charge in [-0.05, 0) is 29.8 Å². The van der Waals surface area contributed by atoms with E-state index in [1.807, 2.05) is 29.6 Å². The second kappa shape index (κ2) is 6.46. The van der Waals surface area contributed by atoms with Gasteiger partial charge in [-0.25, -0.2) is 13.8 Å². The summed E-state index contributed by atoms with van der Waals surface area (Å²) in [6, 6.07) is 12.6. The van der Waals surface area contributed by atoms with Gasteiger partial charge in [0.1, 0.15) is 11.4 Å². The number of H-pyrrole nitrogens is 2. The molecule has 0 radical (unpaired) electrons. The molecule has 2 aromatic carbocycles. The van der Waals surface area contributed by atoms with Crippen LogP contribution in [0.1, 0.15) is 22.9 Å². The summed E-state index contributed by atoms with van der Waals surface area (Å²) >= 11 is 0. The van der Waals surface area contributed by atoms with Crippen LogP contribution in [0.25, 0.3) is 16.6 Å². The largest absolute Gasteiger partial charge is 0.494 e. The number of nitrogens with zero attached hydrogens (tertiary/aromatic N) is 1. The molecule has 0 saturated carbocycles. The number of aromatic nitrogens is 3. The molecule has 3 heterocycles. The predicted molar refractivity (Wildman–Crippen MR) is 105 cm³/mol. The van der Waals surface area contributed by atoms with Crippen molar-refractivity contribution in [1.82, 2.24) is 14.5 Å². The Morgan fingerprint density at radius 1 is 1.10 bits per heavy atom. The van der Waals surface area contributed by atoms with Crippen LogP contribution >= 0.6 is 0 Å². The van der Waals surface area contributed by atoms with Crippen LogP contribution in [0.4, 0.5) is 4.39 Å². The van der Waals surface area contributed by atoms with E-state index in [0.29, 0.717) is 0 Å². The van der Waals surface area contributed by atoms with E-state index in [4.69, 9.17) is 0 Å². The molecule has 1 aliphatic rings. The number of aromatic amines is 2. The van der Waals surface area contributed by atoms with Gasteiger partial charge < -0.3 is 15.4 Å². The summed E-state index contributed by atoms with van der Waals surface area (Å²) in [5, 5.41) is 14.0. The molecule has 8 heteroatoms. The lowest BCUT2D eigenvalue weighted by Crippen LogP contribution is -2.87. The average molecular weight is 393 g/mol. The molecule has 0 saturated heterocycles. The Bertz CT molecular complexity index is 1370. The molecule has 1 atom stereocenters. The Morgan fingerprint density at radius 3 is 2.76 bits per heavy atom. The monoisotopic (exact) mass is 393 g/mol. The van der Waals surface area contributed by atoms with Crippen molar-refractivity contribution < 1.29 is 14.8 Å². The highest BCUT2D eigenvalue weighted by Gasteiger charge is 2.34. The van der Waals surface area contributed by atoms with Gasteiger partial charge in [-0.1, -0.05) is 24.3 Å². The highest BCUT2D eigenvalue weighted by Crippen LogP contribution is 2.32. The van der Waals surface area contributed by atoms with E-state index in [-0.39, 0.29) is 11.3 Å². The Balaban J connectivity index is 1.75. The minimum absolute atomic E-state index is 0.0568. The van der Waals surface area contributed by atoms with Crippen LogP contribution in [0.15, 0.2) is 58.1 Å². The van der Waals surface area contributed by atoms with Gasteiger partial charge in [-0.15, -0.1) is 0 Å². The third-order valence-electron chi connectivity index (χ3n) is 5.45. The lowest BCUT2D eigenvalue weighted by Gasteiger charge is -2.22. The first-order chi connectivity index (χ1) is 14.0. The lowest BCUT2D eigenvalue weighted by molar-refractivity contribution is -0.690. The fourth-order valence-electron chi connectivity index (χ4n) is 4.20. The van der Waals surface area contributed by atoms with Crippen LogP contribution in [0.5, 0.6) is 5.88 Å². The van der Waals surface area contributed by atoms with Gasteiger partial charge >= 0.3 is 5.69 Å². The molecule has 0 spiro atoms. The van der Waals surface area contributed by atoms with Crippen LogP contribution in [0, 0.1) is 5.82 Å². The van der Waals surface area contributed by atoms with Crippen molar-refractivity contribution in [1.29, 1.82) is 0 Å². The van der Waals surface area contributed by atoms with Crippen molar-refractivity contribution >= 4 is 10.9 Å². The molecule has 0 amide bonds. The first kappa shape index (κ1) is 17.4. The maximum atomic E-state index is 13.7. The van der Waals surface area contributed by atoms with Crippen LogP contribution in [0.2, 0.25) is 0 Å². The lowest BCUT2D eigenvalue weighted by atomic mass is 9.95. The number of nitrogens with one attached hydrogen (secondary N) is 2. The molecular weight excluding hydrogens is 375 g/mol. The van der Waals surface area contributed by atoms with Crippen molar-refractivity contribution in [3.8, 4) is 11.6 Å². The van der Waals surface area contributed by atoms with Gasteiger partial charge in [0.05, 0.1) is 17.9 Å². The van der Waals surface area contributed by atoms with Crippen LogP contribution < -0.4 is 16.6 Å². The summed E-state index contributed by atoms with van der Waals surface area (Å²) in [4.78, 5) is 30.7. The molecule has 2 aromatic heterocycles. The first-order valence-corrected chi connectivity index (χ1v) is 9.31. The van der Waals surface area contributed by atoms with Gasteiger partial charge in [-0.2, -0.15) is 0 Å². The topological polar surface area (TPSA) is 107 Å². The summed E-state index contributed by atoms with van der Waals surface area (Å²) in [5.41, 5.74) is 1.58. The highest BCUT2D eigenvalue weighted by atomic mass is 19.1. The van der Waals surface area contributed by atoms with E-state index in [2.05, 4.69) is 9.97 Å². The third kappa shape index (κ3) is 2.68. The SMILES string of the molecule is O=c1[nH]c(=O)n(-c2cccc(F)c2)c(O)c1[C@H]1[NH2+]CCc2c1[nH]c1ccccc21. The minimum atomic E-state index is -0.825. The Labute approximate surface area is 163 Å². The highest BCUT2D eigenvalue weighted by molar-refractivity contribution is 5.85. The predicted octanol–water partition coefficient (Wildman–Crippen LogP) is 1.06. The van der Waals surface area contributed by atoms with Crippen LogP contribution in [-0.4, -0.2) is 26.2 Å². The summed E-state index contributed by atoms with van der Waals surface area (Å²) in [6.07, 6.45) is 0.818. The first-order valence-electron chi connectivity index (χ1n) is 9.31. The zero-order chi connectivity index (χ0) is 20.1. The van der Waals surface area contributed by atoms with Crippen molar-refractivity contribution in [2.24, 2.45) is 0 Å². The Hall–Kier alpha value is -3.65. The van der Waals surface area contributed by atoms with Crippen LogP contribution in [-0.2, 0) is 6.42 Å². The molecule has 1 aliphatic heterocycles. The smallest absolute Gasteiger partial charge is 0.335 e. The van der Waals surface area contributed by atoms with Gasteiger partial charge in [-0.3, -0.25) is 9.78 Å². The van der Waals surface area contributed by atoms with E-state index in [9.17, 15) is 19.1 Å². The average Bonchev–Trinajstić information content (AvgIpc) is 3.07. The van der Waals surface area contributed by atoms with Crippen molar-refractivity contribution in [3.05, 3.63) is 92.0 Å². The standard InChI is InChI=1S/C21H17FN4O3/c22-11-4-3-5-12(10-11)26-20(28)16(19(27)25-21(26)29)18-17-14(8-9-23-18)13-6-1-2-7-15(13)24-17/h1-7,10,18,23-24,28H,8-9H2,(H,25,27,29)/p+1/t18-/m1/s1. The number of benzene rings is 2. The molecule has 7 nitrogen and oxygen atoms in total.